The summed E-state index contributed by atoms with van der Waals surface area (Å²) < 4.78 is 4.66. The first-order valence-electron chi connectivity index (χ1n) is 3.53. The Kier molecular flexibility index (Phi) is 2.63. The maximum Gasteiger partial charge on any atom is 0.312 e. The molecule has 0 aliphatic heterocycles. The van der Waals surface area contributed by atoms with E-state index in [0.29, 0.717) is 5.76 Å². The van der Waals surface area contributed by atoms with Crippen molar-refractivity contribution < 1.29 is 19.2 Å². The van der Waals surface area contributed by atoms with Gasteiger partial charge in [0.15, 0.2) is 5.82 Å². The minimum absolute atomic E-state index is 0.226. The van der Waals surface area contributed by atoms with E-state index in [1.54, 1.807) is 6.92 Å². The third-order valence-corrected chi connectivity index (χ3v) is 1.21. The Balaban J connectivity index is 2.50. The largest absolute Gasteiger partial charge is 0.481 e. The second kappa shape index (κ2) is 3.70. The molecule has 13 heavy (non-hydrogen) atoms. The van der Waals surface area contributed by atoms with E-state index < -0.39 is 18.3 Å². The smallest absolute Gasteiger partial charge is 0.312 e. The molecule has 0 bridgehead atoms. The highest BCUT2D eigenvalue weighted by atomic mass is 16.5. The SMILES string of the molecule is Cc1cc(NC(=O)CC(=O)O)no1. The van der Waals surface area contributed by atoms with E-state index in [2.05, 4.69) is 15.0 Å². The Morgan fingerprint density at radius 3 is 2.85 bits per heavy atom. The van der Waals surface area contributed by atoms with E-state index in [1.807, 2.05) is 0 Å². The van der Waals surface area contributed by atoms with Gasteiger partial charge in [-0.25, -0.2) is 0 Å². The quantitative estimate of drug-likeness (QED) is 0.663. The van der Waals surface area contributed by atoms with Gasteiger partial charge in [0, 0.05) is 6.07 Å². The third-order valence-electron chi connectivity index (χ3n) is 1.21. The van der Waals surface area contributed by atoms with Crippen LogP contribution in [0.4, 0.5) is 5.82 Å². The zero-order valence-corrected chi connectivity index (χ0v) is 6.90. The summed E-state index contributed by atoms with van der Waals surface area (Å²) >= 11 is 0. The minimum atomic E-state index is -1.18. The van der Waals surface area contributed by atoms with Gasteiger partial charge >= 0.3 is 5.97 Å². The topological polar surface area (TPSA) is 92.4 Å². The number of hydrogen-bond donors (Lipinski definition) is 2. The molecule has 1 rings (SSSR count). The van der Waals surface area contributed by atoms with Crippen LogP contribution in [0.3, 0.4) is 0 Å². The first-order valence-corrected chi connectivity index (χ1v) is 3.53. The van der Waals surface area contributed by atoms with Crippen LogP contribution in [0.25, 0.3) is 0 Å². The van der Waals surface area contributed by atoms with E-state index in [4.69, 9.17) is 5.11 Å². The van der Waals surface area contributed by atoms with Crippen LogP contribution < -0.4 is 5.32 Å². The lowest BCUT2D eigenvalue weighted by atomic mass is 10.4. The number of nitrogens with zero attached hydrogens (tertiary/aromatic N) is 1. The molecule has 0 fully saturated rings. The number of hydrogen-bond acceptors (Lipinski definition) is 4. The number of amides is 1. The van der Waals surface area contributed by atoms with Gasteiger partial charge in [0.25, 0.3) is 0 Å². The van der Waals surface area contributed by atoms with Gasteiger partial charge in [-0.05, 0) is 6.92 Å². The highest BCUT2D eigenvalue weighted by Crippen LogP contribution is 2.06. The molecule has 1 aromatic rings. The van der Waals surface area contributed by atoms with Crippen molar-refractivity contribution >= 4 is 17.7 Å². The molecule has 6 nitrogen and oxygen atoms in total. The molecule has 2 N–H and O–H groups in total. The Hall–Kier alpha value is -1.85. The predicted molar refractivity (Wildman–Crippen MR) is 42.1 cm³/mol. The van der Waals surface area contributed by atoms with Gasteiger partial charge in [0.05, 0.1) is 0 Å². The maximum absolute atomic E-state index is 10.9. The fraction of sp³-hybridized carbons (Fsp3) is 0.286. The number of aromatic nitrogens is 1. The van der Waals surface area contributed by atoms with Gasteiger partial charge in [0.2, 0.25) is 5.91 Å². The summed E-state index contributed by atoms with van der Waals surface area (Å²) in [6.45, 7) is 1.67. The monoisotopic (exact) mass is 184 g/mol. The van der Waals surface area contributed by atoms with E-state index >= 15 is 0 Å². The molecule has 0 saturated carbocycles. The van der Waals surface area contributed by atoms with Crippen molar-refractivity contribution in [3.05, 3.63) is 11.8 Å². The van der Waals surface area contributed by atoms with Crippen LogP contribution in [0, 0.1) is 6.92 Å². The van der Waals surface area contributed by atoms with E-state index in [9.17, 15) is 9.59 Å². The molecular weight excluding hydrogens is 176 g/mol. The van der Waals surface area contributed by atoms with Gasteiger partial charge in [-0.1, -0.05) is 5.16 Å². The first-order chi connectivity index (χ1) is 6.08. The Bertz CT molecular complexity index is 331. The summed E-state index contributed by atoms with van der Waals surface area (Å²) in [7, 11) is 0. The summed E-state index contributed by atoms with van der Waals surface area (Å²) in [5, 5.41) is 14.0. The third kappa shape index (κ3) is 2.94. The Morgan fingerprint density at radius 1 is 1.69 bits per heavy atom. The number of carbonyl (C=O) groups excluding carboxylic acids is 1. The average Bonchev–Trinajstić information content (AvgIpc) is 2.33. The van der Waals surface area contributed by atoms with Gasteiger partial charge < -0.3 is 14.9 Å². The van der Waals surface area contributed by atoms with Crippen LogP contribution in [-0.4, -0.2) is 22.1 Å². The highest BCUT2D eigenvalue weighted by molar-refractivity contribution is 6.00. The van der Waals surface area contributed by atoms with E-state index in [1.165, 1.54) is 6.07 Å². The molecular formula is C7H8N2O4. The fourth-order valence-corrected chi connectivity index (χ4v) is 0.750. The van der Waals surface area contributed by atoms with Gasteiger partial charge in [-0.2, -0.15) is 0 Å². The second-order valence-electron chi connectivity index (χ2n) is 2.44. The molecule has 1 heterocycles. The molecule has 0 aliphatic carbocycles. The zero-order valence-electron chi connectivity index (χ0n) is 6.90. The molecule has 0 atom stereocenters. The first kappa shape index (κ1) is 9.24. The van der Waals surface area contributed by atoms with Crippen molar-refractivity contribution in [2.24, 2.45) is 0 Å². The minimum Gasteiger partial charge on any atom is -0.481 e. The lowest BCUT2D eigenvalue weighted by Crippen LogP contribution is -2.15. The number of carbonyl (C=O) groups is 2. The van der Waals surface area contributed by atoms with Crippen molar-refractivity contribution in [1.82, 2.24) is 5.16 Å². The summed E-state index contributed by atoms with van der Waals surface area (Å²) in [5.41, 5.74) is 0. The average molecular weight is 184 g/mol. The molecule has 0 aliphatic rings. The molecule has 6 heteroatoms. The normalized spacial score (nSPS) is 9.62. The van der Waals surface area contributed by atoms with Gasteiger partial charge in [-0.15, -0.1) is 0 Å². The molecule has 1 amide bonds. The number of aryl methyl sites for hydroxylation is 1. The fourth-order valence-electron chi connectivity index (χ4n) is 0.750. The second-order valence-corrected chi connectivity index (χ2v) is 2.44. The van der Waals surface area contributed by atoms with Crippen molar-refractivity contribution in [3.8, 4) is 0 Å². The summed E-state index contributed by atoms with van der Waals surface area (Å²) in [6, 6.07) is 1.50. The summed E-state index contributed by atoms with van der Waals surface area (Å²) in [4.78, 5) is 21.0. The predicted octanol–water partition coefficient (Wildman–Crippen LogP) is 0.396. The lowest BCUT2D eigenvalue weighted by Gasteiger charge is -1.95. The molecule has 0 unspecified atom stereocenters. The molecule has 0 spiro atoms. The number of carboxylic acid groups (broad SMARTS) is 1. The molecule has 0 radical (unpaired) electrons. The summed E-state index contributed by atoms with van der Waals surface area (Å²) in [6.07, 6.45) is -0.577. The lowest BCUT2D eigenvalue weighted by molar-refractivity contribution is -0.139. The number of aliphatic carboxylic acids is 1. The van der Waals surface area contributed by atoms with Gasteiger partial charge in [-0.3, -0.25) is 9.59 Å². The van der Waals surface area contributed by atoms with E-state index in [0.717, 1.165) is 0 Å². The highest BCUT2D eigenvalue weighted by Gasteiger charge is 2.09. The molecule has 0 aromatic carbocycles. The van der Waals surface area contributed by atoms with Crippen LogP contribution in [0.2, 0.25) is 0 Å². The standard InChI is InChI=1S/C7H8N2O4/c1-4-2-5(9-13-4)8-6(10)3-7(11)12/h2H,3H2,1H3,(H,11,12)(H,8,9,10). The Labute approximate surface area is 73.5 Å². The zero-order chi connectivity index (χ0) is 9.84. The number of anilines is 1. The number of nitrogens with one attached hydrogen (secondary N) is 1. The van der Waals surface area contributed by atoms with Crippen molar-refractivity contribution in [2.45, 2.75) is 13.3 Å². The van der Waals surface area contributed by atoms with Crippen molar-refractivity contribution in [2.75, 3.05) is 5.32 Å². The maximum atomic E-state index is 10.9. The molecule has 70 valence electrons. The van der Waals surface area contributed by atoms with Crippen LogP contribution in [0.5, 0.6) is 0 Å². The van der Waals surface area contributed by atoms with E-state index in [-0.39, 0.29) is 5.82 Å². The number of carboxylic acids is 1. The van der Waals surface area contributed by atoms with Crippen LogP contribution in [-0.2, 0) is 9.59 Å². The summed E-state index contributed by atoms with van der Waals surface area (Å²) in [5.74, 6) is -1.03. The molecule has 0 saturated heterocycles. The number of rotatable bonds is 3. The molecule has 1 aromatic heterocycles. The van der Waals surface area contributed by atoms with Crippen LogP contribution in [0.15, 0.2) is 10.6 Å². The van der Waals surface area contributed by atoms with Gasteiger partial charge in [0.1, 0.15) is 12.2 Å². The van der Waals surface area contributed by atoms with Crippen molar-refractivity contribution in [3.63, 3.8) is 0 Å². The van der Waals surface area contributed by atoms with Crippen molar-refractivity contribution in [1.29, 1.82) is 0 Å². The Morgan fingerprint density at radius 2 is 2.38 bits per heavy atom. The van der Waals surface area contributed by atoms with Crippen LogP contribution >= 0.6 is 0 Å². The van der Waals surface area contributed by atoms with Crippen LogP contribution in [0.1, 0.15) is 12.2 Å².